The molecule has 0 aromatic heterocycles. The summed E-state index contributed by atoms with van der Waals surface area (Å²) in [7, 11) is 0. The number of nitrogens with one attached hydrogen (secondary N) is 1. The van der Waals surface area contributed by atoms with Crippen LogP contribution in [0.5, 0.6) is 0 Å². The third kappa shape index (κ3) is 0.904. The highest BCUT2D eigenvalue weighted by atomic mass is 15.1. The van der Waals surface area contributed by atoms with Crippen LogP contribution in [0.2, 0.25) is 0 Å². The molecule has 1 aliphatic heterocycles. The van der Waals surface area contributed by atoms with Crippen LogP contribution in [0.4, 0.5) is 0 Å². The number of nitrogens with two attached hydrogens (primary N) is 1. The Kier molecular flexibility index (Phi) is 1.38. The predicted molar refractivity (Wildman–Crippen MR) is 40.9 cm³/mol. The molecule has 3 nitrogen and oxygen atoms in total. The molecule has 3 atom stereocenters. The van der Waals surface area contributed by atoms with E-state index in [4.69, 9.17) is 5.73 Å². The lowest BCUT2D eigenvalue weighted by Crippen LogP contribution is -2.28. The van der Waals surface area contributed by atoms with E-state index in [9.17, 15) is 0 Å². The van der Waals surface area contributed by atoms with Crippen LogP contribution in [0, 0.1) is 11.8 Å². The highest BCUT2D eigenvalue weighted by Crippen LogP contribution is 2.40. The lowest BCUT2D eigenvalue weighted by Gasteiger charge is -2.06. The van der Waals surface area contributed by atoms with Gasteiger partial charge in [-0.1, -0.05) is 0 Å². The third-order valence-corrected chi connectivity index (χ3v) is 2.48. The minimum absolute atomic E-state index is 0.605. The molecule has 1 aliphatic carbocycles. The largest absolute Gasteiger partial charge is 0.372 e. The maximum Gasteiger partial charge on any atom is 0.0827 e. The molecule has 3 N–H and O–H groups in total. The molecule has 3 unspecified atom stereocenters. The van der Waals surface area contributed by atoms with Gasteiger partial charge in [-0.05, 0) is 24.8 Å². The Bertz CT molecular complexity index is 147. The second-order valence-corrected chi connectivity index (χ2v) is 3.16. The summed E-state index contributed by atoms with van der Waals surface area (Å²) in [4.78, 5) is 4.12. The molecule has 0 spiro atoms. The molecule has 2 aliphatic rings. The van der Waals surface area contributed by atoms with Crippen molar-refractivity contribution in [1.29, 1.82) is 0 Å². The van der Waals surface area contributed by atoms with E-state index in [1.807, 2.05) is 6.34 Å². The fourth-order valence-electron chi connectivity index (χ4n) is 1.66. The van der Waals surface area contributed by atoms with Crippen molar-refractivity contribution in [3.05, 3.63) is 0 Å². The zero-order valence-electron chi connectivity index (χ0n) is 5.96. The Morgan fingerprint density at radius 3 is 3.10 bits per heavy atom. The molecule has 1 heterocycles. The van der Waals surface area contributed by atoms with Gasteiger partial charge in [-0.3, -0.25) is 4.99 Å². The van der Waals surface area contributed by atoms with E-state index < -0.39 is 0 Å². The van der Waals surface area contributed by atoms with Gasteiger partial charge < -0.3 is 11.1 Å². The molecule has 1 saturated carbocycles. The fourth-order valence-corrected chi connectivity index (χ4v) is 1.66. The van der Waals surface area contributed by atoms with E-state index in [0.717, 1.165) is 24.9 Å². The van der Waals surface area contributed by atoms with Crippen LogP contribution in [0.15, 0.2) is 4.99 Å². The van der Waals surface area contributed by atoms with Gasteiger partial charge in [0.1, 0.15) is 0 Å². The van der Waals surface area contributed by atoms with Gasteiger partial charge in [0.05, 0.1) is 12.9 Å². The highest BCUT2D eigenvalue weighted by Gasteiger charge is 2.42. The average Bonchev–Trinajstić information content (AvgIpc) is 2.56. The quantitative estimate of drug-likeness (QED) is 0.546. The summed E-state index contributed by atoms with van der Waals surface area (Å²) < 4.78 is 0. The maximum absolute atomic E-state index is 5.52. The zero-order chi connectivity index (χ0) is 6.97. The SMILES string of the molecule is NCC1CC1C1CN=CN1. The van der Waals surface area contributed by atoms with Crippen LogP contribution < -0.4 is 11.1 Å². The summed E-state index contributed by atoms with van der Waals surface area (Å²) >= 11 is 0. The molecular weight excluding hydrogens is 126 g/mol. The molecule has 3 heteroatoms. The maximum atomic E-state index is 5.52. The van der Waals surface area contributed by atoms with Crippen molar-refractivity contribution in [3.8, 4) is 0 Å². The van der Waals surface area contributed by atoms with Crippen LogP contribution in [-0.2, 0) is 0 Å². The summed E-state index contributed by atoms with van der Waals surface area (Å²) in [5.41, 5.74) is 5.52. The molecule has 0 radical (unpaired) electrons. The standard InChI is InChI=1S/C7H13N3/c8-2-5-1-6(5)7-3-9-4-10-7/h4-7H,1-3,8H2,(H,9,10). The molecule has 0 bridgehead atoms. The van der Waals surface area contributed by atoms with Gasteiger partial charge in [0.25, 0.3) is 0 Å². The fraction of sp³-hybridized carbons (Fsp3) is 0.857. The number of hydrogen-bond acceptors (Lipinski definition) is 3. The molecule has 0 saturated heterocycles. The van der Waals surface area contributed by atoms with E-state index in [-0.39, 0.29) is 0 Å². The zero-order valence-corrected chi connectivity index (χ0v) is 5.96. The monoisotopic (exact) mass is 139 g/mol. The van der Waals surface area contributed by atoms with Gasteiger partial charge in [0.2, 0.25) is 0 Å². The highest BCUT2D eigenvalue weighted by molar-refractivity contribution is 5.57. The molecule has 1 fully saturated rings. The first-order valence-corrected chi connectivity index (χ1v) is 3.86. The van der Waals surface area contributed by atoms with Crippen molar-refractivity contribution in [2.45, 2.75) is 12.5 Å². The number of aliphatic imine (C=N–C) groups is 1. The summed E-state index contributed by atoms with van der Waals surface area (Å²) in [6.07, 6.45) is 3.12. The summed E-state index contributed by atoms with van der Waals surface area (Å²) in [6.45, 7) is 1.81. The Labute approximate surface area is 60.7 Å². The summed E-state index contributed by atoms with van der Waals surface area (Å²) in [5.74, 6) is 1.59. The minimum Gasteiger partial charge on any atom is -0.372 e. The van der Waals surface area contributed by atoms with E-state index in [1.165, 1.54) is 6.42 Å². The minimum atomic E-state index is 0.605. The first-order valence-electron chi connectivity index (χ1n) is 3.86. The molecule has 2 rings (SSSR count). The van der Waals surface area contributed by atoms with Crippen molar-refractivity contribution in [2.24, 2.45) is 22.6 Å². The third-order valence-electron chi connectivity index (χ3n) is 2.48. The number of hydrogen-bond donors (Lipinski definition) is 2. The van der Waals surface area contributed by atoms with Crippen LogP contribution in [0.25, 0.3) is 0 Å². The van der Waals surface area contributed by atoms with E-state index in [0.29, 0.717) is 6.04 Å². The molecular formula is C7H13N3. The lowest BCUT2D eigenvalue weighted by atomic mass is 10.1. The van der Waals surface area contributed by atoms with Crippen LogP contribution in [0.3, 0.4) is 0 Å². The topological polar surface area (TPSA) is 50.4 Å². The van der Waals surface area contributed by atoms with Gasteiger partial charge in [0.15, 0.2) is 0 Å². The van der Waals surface area contributed by atoms with Crippen molar-refractivity contribution < 1.29 is 0 Å². The second kappa shape index (κ2) is 2.23. The van der Waals surface area contributed by atoms with Gasteiger partial charge in [-0.25, -0.2) is 0 Å². The van der Waals surface area contributed by atoms with Gasteiger partial charge in [-0.15, -0.1) is 0 Å². The van der Waals surface area contributed by atoms with Crippen LogP contribution in [-0.4, -0.2) is 25.5 Å². The van der Waals surface area contributed by atoms with Crippen molar-refractivity contribution in [1.82, 2.24) is 5.32 Å². The molecule has 56 valence electrons. The van der Waals surface area contributed by atoms with Gasteiger partial charge in [-0.2, -0.15) is 0 Å². The Morgan fingerprint density at radius 2 is 2.60 bits per heavy atom. The van der Waals surface area contributed by atoms with Crippen molar-refractivity contribution >= 4 is 6.34 Å². The Morgan fingerprint density at radius 1 is 1.70 bits per heavy atom. The molecule has 0 amide bonds. The van der Waals surface area contributed by atoms with Crippen LogP contribution >= 0.6 is 0 Å². The van der Waals surface area contributed by atoms with Crippen LogP contribution in [0.1, 0.15) is 6.42 Å². The smallest absolute Gasteiger partial charge is 0.0827 e. The first kappa shape index (κ1) is 6.16. The second-order valence-electron chi connectivity index (χ2n) is 3.16. The first-order chi connectivity index (χ1) is 4.92. The van der Waals surface area contributed by atoms with E-state index >= 15 is 0 Å². The Balaban J connectivity index is 1.81. The van der Waals surface area contributed by atoms with Gasteiger partial charge in [0, 0.05) is 6.04 Å². The normalized spacial score (nSPS) is 43.5. The summed E-state index contributed by atoms with van der Waals surface area (Å²) in [5, 5.41) is 3.24. The molecule has 0 aromatic rings. The summed E-state index contributed by atoms with van der Waals surface area (Å²) in [6, 6.07) is 0.605. The molecule has 0 aromatic carbocycles. The molecule has 10 heavy (non-hydrogen) atoms. The van der Waals surface area contributed by atoms with Crippen molar-refractivity contribution in [2.75, 3.05) is 13.1 Å². The average molecular weight is 139 g/mol. The van der Waals surface area contributed by atoms with E-state index in [1.54, 1.807) is 0 Å². The number of nitrogens with zero attached hydrogens (tertiary/aromatic N) is 1. The lowest BCUT2D eigenvalue weighted by molar-refractivity contribution is 0.543. The number of rotatable bonds is 2. The predicted octanol–water partition coefficient (Wildman–Crippen LogP) is -0.419. The van der Waals surface area contributed by atoms with Gasteiger partial charge >= 0.3 is 0 Å². The Hall–Kier alpha value is -0.570. The van der Waals surface area contributed by atoms with E-state index in [2.05, 4.69) is 10.3 Å². The van der Waals surface area contributed by atoms with Crippen molar-refractivity contribution in [3.63, 3.8) is 0 Å².